The van der Waals surface area contributed by atoms with Gasteiger partial charge in [-0.2, -0.15) is 0 Å². The highest BCUT2D eigenvalue weighted by Crippen LogP contribution is 2.32. The Balaban J connectivity index is 2.21. The summed E-state index contributed by atoms with van der Waals surface area (Å²) in [6.07, 6.45) is 4.39. The summed E-state index contributed by atoms with van der Waals surface area (Å²) in [5.41, 5.74) is 5.94. The van der Waals surface area contributed by atoms with Gasteiger partial charge in [0.05, 0.1) is 11.8 Å². The van der Waals surface area contributed by atoms with Crippen LogP contribution < -0.4 is 15.6 Å². The monoisotopic (exact) mass is 284 g/mol. The number of nitrogen functional groups attached to an aromatic ring is 1. The van der Waals surface area contributed by atoms with E-state index in [-0.39, 0.29) is 16.7 Å². The summed E-state index contributed by atoms with van der Waals surface area (Å²) in [5.74, 6) is 1.03. The fourth-order valence-corrected chi connectivity index (χ4v) is 3.22. The van der Waals surface area contributed by atoms with Gasteiger partial charge in [0.15, 0.2) is 0 Å². The van der Waals surface area contributed by atoms with Gasteiger partial charge in [-0.05, 0) is 37.3 Å². The van der Waals surface area contributed by atoms with E-state index in [1.807, 2.05) is 0 Å². The molecule has 2 rings (SSSR count). The first-order chi connectivity index (χ1) is 8.88. The van der Waals surface area contributed by atoms with Gasteiger partial charge in [0.25, 0.3) is 0 Å². The Bertz CT molecular complexity index is 557. The Morgan fingerprint density at radius 1 is 1.32 bits per heavy atom. The van der Waals surface area contributed by atoms with Crippen molar-refractivity contribution in [2.24, 2.45) is 11.1 Å². The summed E-state index contributed by atoms with van der Waals surface area (Å²) < 4.78 is 28.6. The van der Waals surface area contributed by atoms with Crippen LogP contribution in [0.25, 0.3) is 0 Å². The van der Waals surface area contributed by atoms with Crippen LogP contribution in [0.4, 0.5) is 5.69 Å². The molecule has 1 aliphatic rings. The van der Waals surface area contributed by atoms with Gasteiger partial charge in [-0.15, -0.1) is 0 Å². The molecule has 6 heteroatoms. The predicted molar refractivity (Wildman–Crippen MR) is 74.3 cm³/mol. The summed E-state index contributed by atoms with van der Waals surface area (Å²) in [4.78, 5) is -0.0751. The van der Waals surface area contributed by atoms with E-state index in [1.165, 1.54) is 12.5 Å². The van der Waals surface area contributed by atoms with E-state index in [0.717, 1.165) is 19.3 Å². The van der Waals surface area contributed by atoms with Crippen LogP contribution in [0.5, 0.6) is 5.75 Å². The summed E-state index contributed by atoms with van der Waals surface area (Å²) in [6.45, 7) is 2.19. The van der Waals surface area contributed by atoms with E-state index in [0.29, 0.717) is 11.7 Å². The van der Waals surface area contributed by atoms with Crippen molar-refractivity contribution in [1.29, 1.82) is 0 Å². The highest BCUT2D eigenvalue weighted by molar-refractivity contribution is 7.89. The fourth-order valence-electron chi connectivity index (χ4n) is 2.54. The summed E-state index contributed by atoms with van der Waals surface area (Å²) in [7, 11) is -3.81. The Labute approximate surface area is 114 Å². The van der Waals surface area contributed by atoms with E-state index >= 15 is 0 Å². The molecular weight excluding hydrogens is 264 g/mol. The Morgan fingerprint density at radius 3 is 2.68 bits per heavy atom. The lowest BCUT2D eigenvalue weighted by Crippen LogP contribution is -2.25. The normalized spacial score (nSPS) is 24.1. The molecule has 0 amide bonds. The van der Waals surface area contributed by atoms with E-state index in [9.17, 15) is 8.42 Å². The first kappa shape index (κ1) is 14.1. The minimum Gasteiger partial charge on any atom is -0.488 e. The van der Waals surface area contributed by atoms with E-state index in [2.05, 4.69) is 6.92 Å². The number of rotatable bonds is 3. The summed E-state index contributed by atoms with van der Waals surface area (Å²) >= 11 is 0. The van der Waals surface area contributed by atoms with Crippen molar-refractivity contribution in [2.75, 3.05) is 5.73 Å². The molecule has 0 spiro atoms. The number of sulfonamides is 1. The van der Waals surface area contributed by atoms with Gasteiger partial charge in [0.1, 0.15) is 10.6 Å². The molecule has 0 bridgehead atoms. The number of ether oxygens (including phenoxy) is 1. The van der Waals surface area contributed by atoms with Crippen LogP contribution in [-0.2, 0) is 10.0 Å². The van der Waals surface area contributed by atoms with Crippen molar-refractivity contribution in [3.63, 3.8) is 0 Å². The lowest BCUT2D eigenvalue weighted by molar-refractivity contribution is 0.130. The maximum atomic E-state index is 11.4. The molecule has 1 aromatic carbocycles. The van der Waals surface area contributed by atoms with Crippen LogP contribution in [-0.4, -0.2) is 14.5 Å². The molecule has 1 aliphatic carbocycles. The largest absolute Gasteiger partial charge is 0.488 e. The van der Waals surface area contributed by atoms with Gasteiger partial charge in [0.2, 0.25) is 10.0 Å². The molecule has 0 heterocycles. The van der Waals surface area contributed by atoms with Gasteiger partial charge >= 0.3 is 0 Å². The highest BCUT2D eigenvalue weighted by atomic mass is 32.2. The molecule has 0 aromatic heterocycles. The van der Waals surface area contributed by atoms with Gasteiger partial charge in [-0.3, -0.25) is 0 Å². The molecule has 1 saturated carbocycles. The molecule has 19 heavy (non-hydrogen) atoms. The van der Waals surface area contributed by atoms with Crippen molar-refractivity contribution in [2.45, 2.75) is 43.6 Å². The summed E-state index contributed by atoms with van der Waals surface area (Å²) in [6, 6.07) is 4.67. The molecule has 4 N–H and O–H groups in total. The Kier molecular flexibility index (Phi) is 4.01. The lowest BCUT2D eigenvalue weighted by Gasteiger charge is -2.28. The lowest BCUT2D eigenvalue weighted by atomic mass is 9.89. The zero-order valence-electron chi connectivity index (χ0n) is 11.0. The average Bonchev–Trinajstić information content (AvgIpc) is 2.30. The molecule has 106 valence electrons. The van der Waals surface area contributed by atoms with Crippen molar-refractivity contribution in [1.82, 2.24) is 0 Å². The molecule has 5 nitrogen and oxygen atoms in total. The van der Waals surface area contributed by atoms with E-state index in [1.54, 1.807) is 12.1 Å². The number of hydrogen-bond acceptors (Lipinski definition) is 4. The average molecular weight is 284 g/mol. The SMILES string of the molecule is CC1CCCC(Oc2cccc(S(N)(=O)=O)c2N)C1. The molecule has 0 aliphatic heterocycles. The van der Waals surface area contributed by atoms with Crippen LogP contribution in [0.2, 0.25) is 0 Å². The standard InChI is InChI=1S/C13H20N2O3S/c1-9-4-2-5-10(8-9)18-11-6-3-7-12(13(11)14)19(15,16)17/h3,6-7,9-10H,2,4-5,8,14H2,1H3,(H2,15,16,17). The maximum Gasteiger partial charge on any atom is 0.240 e. The zero-order valence-corrected chi connectivity index (χ0v) is 11.8. The molecule has 1 aromatic rings. The second kappa shape index (κ2) is 5.38. The second-order valence-electron chi connectivity index (χ2n) is 5.22. The quantitative estimate of drug-likeness (QED) is 0.828. The van der Waals surface area contributed by atoms with Crippen molar-refractivity contribution >= 4 is 15.7 Å². The molecule has 1 fully saturated rings. The van der Waals surface area contributed by atoms with Gasteiger partial charge in [-0.1, -0.05) is 19.4 Å². The third kappa shape index (κ3) is 3.39. The van der Waals surface area contributed by atoms with Crippen LogP contribution in [0.3, 0.4) is 0 Å². The van der Waals surface area contributed by atoms with Crippen molar-refractivity contribution in [3.8, 4) is 5.75 Å². The van der Waals surface area contributed by atoms with Gasteiger partial charge < -0.3 is 10.5 Å². The molecule has 2 unspecified atom stereocenters. The number of para-hydroxylation sites is 1. The predicted octanol–water partition coefficient (Wildman–Crippen LogP) is 1.87. The second-order valence-corrected chi connectivity index (χ2v) is 6.75. The van der Waals surface area contributed by atoms with Gasteiger partial charge in [0, 0.05) is 0 Å². The third-order valence-corrected chi connectivity index (χ3v) is 4.48. The molecule has 0 saturated heterocycles. The Morgan fingerprint density at radius 2 is 2.05 bits per heavy atom. The Hall–Kier alpha value is -1.27. The smallest absolute Gasteiger partial charge is 0.240 e. The number of hydrogen-bond donors (Lipinski definition) is 2. The highest BCUT2D eigenvalue weighted by Gasteiger charge is 2.22. The van der Waals surface area contributed by atoms with Crippen molar-refractivity contribution < 1.29 is 13.2 Å². The zero-order chi connectivity index (χ0) is 14.0. The minimum atomic E-state index is -3.81. The van der Waals surface area contributed by atoms with Crippen LogP contribution in [0.15, 0.2) is 23.1 Å². The van der Waals surface area contributed by atoms with E-state index < -0.39 is 10.0 Å². The van der Waals surface area contributed by atoms with Crippen molar-refractivity contribution in [3.05, 3.63) is 18.2 Å². The fraction of sp³-hybridized carbons (Fsp3) is 0.538. The molecule has 2 atom stereocenters. The third-order valence-electron chi connectivity index (χ3n) is 3.51. The number of benzene rings is 1. The number of primary sulfonamides is 1. The van der Waals surface area contributed by atoms with E-state index in [4.69, 9.17) is 15.6 Å². The minimum absolute atomic E-state index is 0.0751. The number of anilines is 1. The topological polar surface area (TPSA) is 95.4 Å². The number of nitrogens with two attached hydrogens (primary N) is 2. The first-order valence-corrected chi connectivity index (χ1v) is 8.00. The van der Waals surface area contributed by atoms with Crippen LogP contribution >= 0.6 is 0 Å². The van der Waals surface area contributed by atoms with Crippen LogP contribution in [0, 0.1) is 5.92 Å². The summed E-state index contributed by atoms with van der Waals surface area (Å²) in [5, 5.41) is 5.12. The molecule has 0 radical (unpaired) electrons. The van der Waals surface area contributed by atoms with Crippen LogP contribution in [0.1, 0.15) is 32.6 Å². The maximum absolute atomic E-state index is 11.4. The molecular formula is C13H20N2O3S. The first-order valence-electron chi connectivity index (χ1n) is 6.46. The van der Waals surface area contributed by atoms with Gasteiger partial charge in [-0.25, -0.2) is 13.6 Å².